The first kappa shape index (κ1) is 19.3. The molecule has 5 nitrogen and oxygen atoms in total. The van der Waals surface area contributed by atoms with Gasteiger partial charge in [0.2, 0.25) is 12.8 Å². The summed E-state index contributed by atoms with van der Waals surface area (Å²) in [6, 6.07) is 10.9. The second kappa shape index (κ2) is 8.48. The van der Waals surface area contributed by atoms with E-state index in [0.717, 1.165) is 30.4 Å². The van der Waals surface area contributed by atoms with Crippen LogP contribution in [0.25, 0.3) is 0 Å². The number of hydrogen-bond donors (Lipinski definition) is 1. The SMILES string of the molecule is C[C@@](N)(Cc1ccc(OCF)cc1)C(=O)N1CCCC[C@@H]1c1cccnc1. The fourth-order valence-corrected chi connectivity index (χ4v) is 3.69. The molecule has 0 bridgehead atoms. The number of halogens is 1. The first-order valence-corrected chi connectivity index (χ1v) is 9.29. The second-order valence-electron chi connectivity index (χ2n) is 7.29. The lowest BCUT2D eigenvalue weighted by atomic mass is 9.89. The third kappa shape index (κ3) is 4.63. The fourth-order valence-electron chi connectivity index (χ4n) is 3.69. The summed E-state index contributed by atoms with van der Waals surface area (Å²) in [5.41, 5.74) is 7.40. The molecule has 144 valence electrons. The van der Waals surface area contributed by atoms with Gasteiger partial charge in [-0.25, -0.2) is 4.39 Å². The molecule has 1 aliphatic rings. The lowest BCUT2D eigenvalue weighted by molar-refractivity contribution is -0.140. The maximum absolute atomic E-state index is 13.3. The van der Waals surface area contributed by atoms with Crippen LogP contribution in [0, 0.1) is 0 Å². The van der Waals surface area contributed by atoms with Crippen LogP contribution in [-0.2, 0) is 11.2 Å². The molecule has 2 atom stereocenters. The third-order valence-electron chi connectivity index (χ3n) is 5.04. The van der Waals surface area contributed by atoms with Gasteiger partial charge < -0.3 is 15.4 Å². The first-order valence-electron chi connectivity index (χ1n) is 9.29. The van der Waals surface area contributed by atoms with Crippen molar-refractivity contribution in [3.05, 3.63) is 59.9 Å². The van der Waals surface area contributed by atoms with Crippen LogP contribution in [0.5, 0.6) is 5.75 Å². The highest BCUT2D eigenvalue weighted by atomic mass is 19.1. The van der Waals surface area contributed by atoms with E-state index < -0.39 is 12.4 Å². The summed E-state index contributed by atoms with van der Waals surface area (Å²) < 4.78 is 17.1. The minimum absolute atomic E-state index is 0.0168. The number of alkyl halides is 1. The number of hydrogen-bond acceptors (Lipinski definition) is 4. The zero-order valence-corrected chi connectivity index (χ0v) is 15.6. The molecule has 27 heavy (non-hydrogen) atoms. The van der Waals surface area contributed by atoms with Gasteiger partial charge in [0.15, 0.2) is 0 Å². The minimum atomic E-state index is -1.03. The summed E-state index contributed by atoms with van der Waals surface area (Å²) >= 11 is 0. The maximum Gasteiger partial charge on any atom is 0.243 e. The summed E-state index contributed by atoms with van der Waals surface area (Å²) in [6.07, 6.45) is 6.95. The Morgan fingerprint density at radius 3 is 2.78 bits per heavy atom. The molecule has 1 fully saturated rings. The topological polar surface area (TPSA) is 68.5 Å². The van der Waals surface area contributed by atoms with Gasteiger partial charge in [-0.05, 0) is 61.9 Å². The Balaban J connectivity index is 1.75. The van der Waals surface area contributed by atoms with E-state index in [-0.39, 0.29) is 11.9 Å². The molecule has 1 amide bonds. The average Bonchev–Trinajstić information content (AvgIpc) is 2.69. The van der Waals surface area contributed by atoms with Crippen molar-refractivity contribution in [1.29, 1.82) is 0 Å². The summed E-state index contributed by atoms with van der Waals surface area (Å²) in [7, 11) is 0. The molecule has 1 aromatic carbocycles. The van der Waals surface area contributed by atoms with Crippen LogP contribution in [0.15, 0.2) is 48.8 Å². The largest absolute Gasteiger partial charge is 0.463 e. The van der Waals surface area contributed by atoms with Gasteiger partial charge in [-0.1, -0.05) is 18.2 Å². The van der Waals surface area contributed by atoms with Gasteiger partial charge in [0, 0.05) is 18.9 Å². The average molecular weight is 371 g/mol. The number of benzene rings is 1. The zero-order valence-electron chi connectivity index (χ0n) is 15.6. The van der Waals surface area contributed by atoms with E-state index in [1.54, 1.807) is 25.3 Å². The van der Waals surface area contributed by atoms with Crippen molar-refractivity contribution >= 4 is 5.91 Å². The van der Waals surface area contributed by atoms with Crippen LogP contribution in [-0.4, -0.2) is 34.7 Å². The number of carbonyl (C=O) groups excluding carboxylic acids is 1. The van der Waals surface area contributed by atoms with Crippen LogP contribution in [0.3, 0.4) is 0 Å². The molecule has 6 heteroatoms. The number of ether oxygens (including phenoxy) is 1. The van der Waals surface area contributed by atoms with Gasteiger partial charge >= 0.3 is 0 Å². The van der Waals surface area contributed by atoms with Gasteiger partial charge in [-0.3, -0.25) is 9.78 Å². The van der Waals surface area contributed by atoms with Crippen LogP contribution < -0.4 is 10.5 Å². The maximum atomic E-state index is 13.3. The standard InChI is InChI=1S/C21H26FN3O2/c1-21(23,13-16-7-9-18(10-8-16)27-15-22)20(26)25-12-3-2-6-19(25)17-5-4-11-24-14-17/h4-5,7-11,14,19H,2-3,6,12-13,15,23H2,1H3/t19-,21-/m1/s1. The van der Waals surface area contributed by atoms with Crippen LogP contribution in [0.2, 0.25) is 0 Å². The van der Waals surface area contributed by atoms with E-state index in [9.17, 15) is 9.18 Å². The molecule has 1 aromatic heterocycles. The molecule has 2 N–H and O–H groups in total. The van der Waals surface area contributed by atoms with Crippen molar-refractivity contribution in [2.75, 3.05) is 13.4 Å². The molecule has 2 aromatic rings. The number of nitrogens with zero attached hydrogens (tertiary/aromatic N) is 2. The number of nitrogens with two attached hydrogens (primary N) is 1. The number of aromatic nitrogens is 1. The van der Waals surface area contributed by atoms with E-state index in [2.05, 4.69) is 4.98 Å². The summed E-state index contributed by atoms with van der Waals surface area (Å²) in [5.74, 6) is 0.402. The number of pyridine rings is 1. The number of piperidine rings is 1. The molecule has 1 saturated heterocycles. The highest BCUT2D eigenvalue weighted by Crippen LogP contribution is 2.32. The van der Waals surface area contributed by atoms with Gasteiger partial charge in [0.25, 0.3) is 0 Å². The van der Waals surface area contributed by atoms with E-state index in [1.807, 2.05) is 35.4 Å². The number of amides is 1. The highest BCUT2D eigenvalue weighted by Gasteiger charge is 2.37. The smallest absolute Gasteiger partial charge is 0.243 e. The monoisotopic (exact) mass is 371 g/mol. The van der Waals surface area contributed by atoms with Crippen molar-refractivity contribution in [2.45, 2.75) is 44.2 Å². The van der Waals surface area contributed by atoms with Crippen LogP contribution in [0.4, 0.5) is 4.39 Å². The highest BCUT2D eigenvalue weighted by molar-refractivity contribution is 5.86. The Morgan fingerprint density at radius 2 is 2.11 bits per heavy atom. The Hall–Kier alpha value is -2.47. The van der Waals surface area contributed by atoms with Crippen molar-refractivity contribution < 1.29 is 13.9 Å². The second-order valence-corrected chi connectivity index (χ2v) is 7.29. The van der Waals surface area contributed by atoms with E-state index in [4.69, 9.17) is 10.5 Å². The van der Waals surface area contributed by atoms with Crippen molar-refractivity contribution in [2.24, 2.45) is 5.73 Å². The predicted molar refractivity (Wildman–Crippen MR) is 102 cm³/mol. The molecule has 0 spiro atoms. The Morgan fingerprint density at radius 1 is 1.33 bits per heavy atom. The molecule has 0 radical (unpaired) electrons. The van der Waals surface area contributed by atoms with E-state index >= 15 is 0 Å². The normalized spacial score (nSPS) is 19.4. The number of likely N-dealkylation sites (tertiary alicyclic amines) is 1. The van der Waals surface area contributed by atoms with Gasteiger partial charge in [0.1, 0.15) is 5.75 Å². The lowest BCUT2D eigenvalue weighted by Crippen LogP contribution is -2.56. The van der Waals surface area contributed by atoms with Gasteiger partial charge in [-0.15, -0.1) is 0 Å². The quantitative estimate of drug-likeness (QED) is 0.845. The van der Waals surface area contributed by atoms with Crippen LogP contribution in [0.1, 0.15) is 43.4 Å². The van der Waals surface area contributed by atoms with Gasteiger partial charge in [0.05, 0.1) is 11.6 Å². The molecule has 0 aliphatic carbocycles. The summed E-state index contributed by atoms with van der Waals surface area (Å²) in [6.45, 7) is 1.61. The molecule has 3 rings (SSSR count). The lowest BCUT2D eigenvalue weighted by Gasteiger charge is -2.40. The summed E-state index contributed by atoms with van der Waals surface area (Å²) in [4.78, 5) is 19.4. The molecule has 2 heterocycles. The van der Waals surface area contributed by atoms with Crippen molar-refractivity contribution in [3.63, 3.8) is 0 Å². The zero-order chi connectivity index (χ0) is 19.3. The Labute approximate surface area is 159 Å². The Kier molecular flexibility index (Phi) is 6.06. The van der Waals surface area contributed by atoms with E-state index in [0.29, 0.717) is 18.7 Å². The van der Waals surface area contributed by atoms with E-state index in [1.165, 1.54) is 0 Å². The number of rotatable bonds is 6. The molecular weight excluding hydrogens is 345 g/mol. The predicted octanol–water partition coefficient (Wildman–Crippen LogP) is 3.40. The molecule has 0 unspecified atom stereocenters. The van der Waals surface area contributed by atoms with Crippen LogP contribution >= 0.6 is 0 Å². The molecular formula is C21H26FN3O2. The third-order valence-corrected chi connectivity index (χ3v) is 5.04. The summed E-state index contributed by atoms with van der Waals surface area (Å²) in [5, 5.41) is 0. The minimum Gasteiger partial charge on any atom is -0.463 e. The van der Waals surface area contributed by atoms with Crippen molar-refractivity contribution in [1.82, 2.24) is 9.88 Å². The fraction of sp³-hybridized carbons (Fsp3) is 0.429. The molecule has 0 saturated carbocycles. The van der Waals surface area contributed by atoms with Crippen molar-refractivity contribution in [3.8, 4) is 5.75 Å². The first-order chi connectivity index (χ1) is 13.0. The molecule has 1 aliphatic heterocycles. The van der Waals surface area contributed by atoms with Gasteiger partial charge in [-0.2, -0.15) is 0 Å². The number of carbonyl (C=O) groups is 1. The Bertz CT molecular complexity index is 750.